The van der Waals surface area contributed by atoms with Gasteiger partial charge in [-0.3, -0.25) is 9.59 Å². The number of rotatable bonds is 5. The number of carbonyl (C=O) groups excluding carboxylic acids is 1. The van der Waals surface area contributed by atoms with Crippen LogP contribution >= 0.6 is 0 Å². The third-order valence-electron chi connectivity index (χ3n) is 4.39. The van der Waals surface area contributed by atoms with Crippen LogP contribution in [-0.4, -0.2) is 12.5 Å². The Kier molecular flexibility index (Phi) is 4.21. The Morgan fingerprint density at radius 1 is 1.15 bits per heavy atom. The molecule has 1 aromatic heterocycles. The molecule has 1 amide bonds. The predicted octanol–water partition coefficient (Wildman–Crippen LogP) is 4.21. The fourth-order valence-electron chi connectivity index (χ4n) is 2.85. The molecule has 26 heavy (non-hydrogen) atoms. The van der Waals surface area contributed by atoms with Gasteiger partial charge in [0.2, 0.25) is 5.91 Å². The Hall–Kier alpha value is -3.08. The first-order valence-corrected chi connectivity index (χ1v) is 8.76. The summed E-state index contributed by atoms with van der Waals surface area (Å²) in [6.07, 6.45) is 1.87. The van der Waals surface area contributed by atoms with Crippen molar-refractivity contribution in [3.05, 3.63) is 58.8 Å². The summed E-state index contributed by atoms with van der Waals surface area (Å²) in [4.78, 5) is 24.4. The van der Waals surface area contributed by atoms with Crippen LogP contribution < -0.4 is 15.5 Å². The van der Waals surface area contributed by atoms with Gasteiger partial charge in [0, 0.05) is 23.2 Å². The minimum atomic E-state index is -0.141. The molecule has 4 rings (SSSR count). The van der Waals surface area contributed by atoms with Crippen LogP contribution in [0.1, 0.15) is 19.8 Å². The summed E-state index contributed by atoms with van der Waals surface area (Å²) in [7, 11) is 0. The van der Waals surface area contributed by atoms with Gasteiger partial charge in [-0.25, -0.2) is 0 Å². The minimum Gasteiger partial charge on any atom is -0.494 e. The minimum absolute atomic E-state index is 0.0137. The van der Waals surface area contributed by atoms with Gasteiger partial charge in [-0.15, -0.1) is 0 Å². The second kappa shape index (κ2) is 6.67. The quantitative estimate of drug-likeness (QED) is 0.749. The number of ether oxygens (including phenoxy) is 1. The van der Waals surface area contributed by atoms with Crippen LogP contribution in [-0.2, 0) is 4.79 Å². The SMILES string of the molecule is CCOc1ccc(-c2cc(=O)c3cc(NC(=O)C4CC4)ccc3o2)cc1. The molecule has 3 aromatic rings. The van der Waals surface area contributed by atoms with Gasteiger partial charge < -0.3 is 14.5 Å². The molecular weight excluding hydrogens is 330 g/mol. The van der Waals surface area contributed by atoms with Crippen LogP contribution in [0.15, 0.2) is 57.7 Å². The van der Waals surface area contributed by atoms with Crippen molar-refractivity contribution in [3.8, 4) is 17.1 Å². The molecule has 0 saturated heterocycles. The highest BCUT2D eigenvalue weighted by molar-refractivity contribution is 5.96. The van der Waals surface area contributed by atoms with Crippen molar-refractivity contribution >= 4 is 22.6 Å². The molecular formula is C21H19NO4. The number of anilines is 1. The summed E-state index contributed by atoms with van der Waals surface area (Å²) in [5, 5.41) is 3.31. The Morgan fingerprint density at radius 3 is 2.62 bits per heavy atom. The van der Waals surface area contributed by atoms with E-state index in [1.807, 2.05) is 31.2 Å². The van der Waals surface area contributed by atoms with E-state index in [9.17, 15) is 9.59 Å². The molecule has 1 fully saturated rings. The molecule has 0 bridgehead atoms. The molecule has 0 radical (unpaired) electrons. The Labute approximate surface area is 150 Å². The van der Waals surface area contributed by atoms with Crippen LogP contribution in [0.4, 0.5) is 5.69 Å². The molecule has 1 aliphatic rings. The third-order valence-corrected chi connectivity index (χ3v) is 4.39. The van der Waals surface area contributed by atoms with E-state index in [0.29, 0.717) is 29.0 Å². The maximum Gasteiger partial charge on any atom is 0.227 e. The number of benzene rings is 2. The summed E-state index contributed by atoms with van der Waals surface area (Å²) in [6, 6.07) is 14.0. The summed E-state index contributed by atoms with van der Waals surface area (Å²) in [5.41, 5.74) is 1.78. The van der Waals surface area contributed by atoms with Gasteiger partial charge in [0.25, 0.3) is 0 Å². The van der Waals surface area contributed by atoms with Gasteiger partial charge in [-0.2, -0.15) is 0 Å². The third kappa shape index (κ3) is 3.33. The lowest BCUT2D eigenvalue weighted by Gasteiger charge is -2.08. The lowest BCUT2D eigenvalue weighted by atomic mass is 10.1. The van der Waals surface area contributed by atoms with Gasteiger partial charge in [0.05, 0.1) is 12.0 Å². The van der Waals surface area contributed by atoms with Crippen molar-refractivity contribution in [2.24, 2.45) is 5.92 Å². The van der Waals surface area contributed by atoms with Crippen molar-refractivity contribution in [2.75, 3.05) is 11.9 Å². The molecule has 5 heteroatoms. The molecule has 2 aromatic carbocycles. The van der Waals surface area contributed by atoms with Crippen molar-refractivity contribution in [2.45, 2.75) is 19.8 Å². The number of fused-ring (bicyclic) bond motifs is 1. The molecule has 132 valence electrons. The van der Waals surface area contributed by atoms with Crippen molar-refractivity contribution in [1.29, 1.82) is 0 Å². The standard InChI is InChI=1S/C21H19NO4/c1-2-25-16-8-5-13(6-9-16)20-12-18(23)17-11-15(7-10-19(17)26-20)22-21(24)14-3-4-14/h5-12,14H,2-4H2,1H3,(H,22,24). The van der Waals surface area contributed by atoms with E-state index in [0.717, 1.165) is 24.2 Å². The first kappa shape index (κ1) is 16.4. The highest BCUT2D eigenvalue weighted by Crippen LogP contribution is 2.31. The van der Waals surface area contributed by atoms with Gasteiger partial charge in [-0.1, -0.05) is 0 Å². The number of carbonyl (C=O) groups is 1. The predicted molar refractivity (Wildman–Crippen MR) is 100 cm³/mol. The maximum absolute atomic E-state index is 12.5. The summed E-state index contributed by atoms with van der Waals surface area (Å²) >= 11 is 0. The second-order valence-electron chi connectivity index (χ2n) is 6.41. The number of amides is 1. The van der Waals surface area contributed by atoms with Gasteiger partial charge in [-0.05, 0) is 62.2 Å². The van der Waals surface area contributed by atoms with Crippen molar-refractivity contribution in [1.82, 2.24) is 0 Å². The first-order valence-electron chi connectivity index (χ1n) is 8.76. The van der Waals surface area contributed by atoms with Crippen LogP contribution in [0.3, 0.4) is 0 Å². The van der Waals surface area contributed by atoms with E-state index in [-0.39, 0.29) is 17.3 Å². The zero-order valence-corrected chi connectivity index (χ0v) is 14.5. The van der Waals surface area contributed by atoms with Crippen LogP contribution in [0, 0.1) is 5.92 Å². The summed E-state index contributed by atoms with van der Waals surface area (Å²) in [6.45, 7) is 2.53. The second-order valence-corrected chi connectivity index (χ2v) is 6.41. The topological polar surface area (TPSA) is 68.5 Å². The average Bonchev–Trinajstić information content (AvgIpc) is 3.48. The van der Waals surface area contributed by atoms with Crippen LogP contribution in [0.5, 0.6) is 5.75 Å². The van der Waals surface area contributed by atoms with Gasteiger partial charge in [0.1, 0.15) is 17.1 Å². The van der Waals surface area contributed by atoms with Gasteiger partial charge >= 0.3 is 0 Å². The molecule has 1 aliphatic carbocycles. The molecule has 0 atom stereocenters. The Balaban J connectivity index is 1.65. The van der Waals surface area contributed by atoms with Crippen LogP contribution in [0.25, 0.3) is 22.3 Å². The van der Waals surface area contributed by atoms with E-state index in [1.165, 1.54) is 6.07 Å². The Morgan fingerprint density at radius 2 is 1.92 bits per heavy atom. The van der Waals surface area contributed by atoms with E-state index < -0.39 is 0 Å². The maximum atomic E-state index is 12.5. The molecule has 1 saturated carbocycles. The molecule has 1 heterocycles. The average molecular weight is 349 g/mol. The number of hydrogen-bond acceptors (Lipinski definition) is 4. The van der Waals surface area contributed by atoms with E-state index in [2.05, 4.69) is 5.32 Å². The fraction of sp³-hybridized carbons (Fsp3) is 0.238. The number of nitrogens with one attached hydrogen (secondary N) is 1. The summed E-state index contributed by atoms with van der Waals surface area (Å²) < 4.78 is 11.3. The van der Waals surface area contributed by atoms with Crippen molar-refractivity contribution in [3.63, 3.8) is 0 Å². The van der Waals surface area contributed by atoms with Crippen LogP contribution in [0.2, 0.25) is 0 Å². The largest absolute Gasteiger partial charge is 0.494 e. The molecule has 5 nitrogen and oxygen atoms in total. The first-order chi connectivity index (χ1) is 12.6. The normalized spacial score (nSPS) is 13.6. The highest BCUT2D eigenvalue weighted by Gasteiger charge is 2.29. The molecule has 0 unspecified atom stereocenters. The van der Waals surface area contributed by atoms with Gasteiger partial charge in [0.15, 0.2) is 5.43 Å². The highest BCUT2D eigenvalue weighted by atomic mass is 16.5. The molecule has 0 spiro atoms. The fourth-order valence-corrected chi connectivity index (χ4v) is 2.85. The zero-order chi connectivity index (χ0) is 18.1. The lowest BCUT2D eigenvalue weighted by Crippen LogP contribution is -2.13. The van der Waals surface area contributed by atoms with Crippen molar-refractivity contribution < 1.29 is 13.9 Å². The summed E-state index contributed by atoms with van der Waals surface area (Å²) in [5.74, 6) is 1.40. The monoisotopic (exact) mass is 349 g/mol. The van der Waals surface area contributed by atoms with E-state index in [1.54, 1.807) is 18.2 Å². The lowest BCUT2D eigenvalue weighted by molar-refractivity contribution is -0.117. The zero-order valence-electron chi connectivity index (χ0n) is 14.5. The van der Waals surface area contributed by atoms with E-state index >= 15 is 0 Å². The Bertz CT molecular complexity index is 1020. The smallest absolute Gasteiger partial charge is 0.227 e. The molecule has 1 N–H and O–H groups in total. The molecule has 0 aliphatic heterocycles. The van der Waals surface area contributed by atoms with E-state index in [4.69, 9.17) is 9.15 Å². The number of hydrogen-bond donors (Lipinski definition) is 1.